The zero-order valence-corrected chi connectivity index (χ0v) is 14.9. The molecule has 25 heavy (non-hydrogen) atoms. The Morgan fingerprint density at radius 3 is 1.40 bits per heavy atom. The van der Waals surface area contributed by atoms with Gasteiger partial charge in [0.15, 0.2) is 0 Å². The first-order valence-electron chi connectivity index (χ1n) is 8.90. The first-order valence-corrected chi connectivity index (χ1v) is 8.90. The Hall–Kier alpha value is -1.02. The number of rotatable bonds is 16. The maximum atomic E-state index is 8.94. The van der Waals surface area contributed by atoms with Gasteiger partial charge < -0.3 is 29.5 Å². The Morgan fingerprint density at radius 2 is 1.04 bits per heavy atom. The molecule has 0 aliphatic heterocycles. The number of benzene rings is 1. The maximum Gasteiger partial charge on any atom is 0.0653 e. The first kappa shape index (κ1) is 22.0. The standard InChI is InChI=1S/C19H32O6/c20-9-4-12-23-15-19(16-24-13-5-10-21,17-25-14-6-11-22)18-7-2-1-3-8-18/h1-3,7-8,20-22H,4-6,9-17H2. The van der Waals surface area contributed by atoms with E-state index in [2.05, 4.69) is 0 Å². The van der Waals surface area contributed by atoms with Crippen LogP contribution in [0.3, 0.4) is 0 Å². The molecule has 0 saturated heterocycles. The fraction of sp³-hybridized carbons (Fsp3) is 0.684. The largest absolute Gasteiger partial charge is 0.396 e. The second kappa shape index (κ2) is 14.2. The summed E-state index contributed by atoms with van der Waals surface area (Å²) in [5.41, 5.74) is 0.591. The van der Waals surface area contributed by atoms with Crippen LogP contribution in [0.1, 0.15) is 24.8 Å². The molecule has 1 aromatic rings. The van der Waals surface area contributed by atoms with E-state index >= 15 is 0 Å². The molecule has 0 aromatic heterocycles. The van der Waals surface area contributed by atoms with Gasteiger partial charge in [0, 0.05) is 39.6 Å². The van der Waals surface area contributed by atoms with Crippen LogP contribution in [0, 0.1) is 0 Å². The lowest BCUT2D eigenvalue weighted by Gasteiger charge is -2.34. The highest BCUT2D eigenvalue weighted by Crippen LogP contribution is 2.26. The van der Waals surface area contributed by atoms with Crippen LogP contribution in [0.25, 0.3) is 0 Å². The van der Waals surface area contributed by atoms with Gasteiger partial charge in [-0.3, -0.25) is 0 Å². The van der Waals surface area contributed by atoms with Crippen molar-refractivity contribution in [3.63, 3.8) is 0 Å². The quantitative estimate of drug-likeness (QED) is 0.385. The summed E-state index contributed by atoms with van der Waals surface area (Å²) in [7, 11) is 0. The van der Waals surface area contributed by atoms with E-state index in [-0.39, 0.29) is 19.8 Å². The summed E-state index contributed by atoms with van der Waals surface area (Å²) in [5.74, 6) is 0. The molecule has 3 N–H and O–H groups in total. The molecule has 0 radical (unpaired) electrons. The fourth-order valence-electron chi connectivity index (χ4n) is 2.47. The maximum absolute atomic E-state index is 8.94. The fourth-order valence-corrected chi connectivity index (χ4v) is 2.47. The first-order chi connectivity index (χ1) is 12.3. The molecule has 0 amide bonds. The highest BCUT2D eigenvalue weighted by molar-refractivity contribution is 5.26. The molecule has 0 atom stereocenters. The summed E-state index contributed by atoms with van der Waals surface area (Å²) >= 11 is 0. The summed E-state index contributed by atoms with van der Waals surface area (Å²) in [5, 5.41) is 26.8. The van der Waals surface area contributed by atoms with Crippen LogP contribution in [0.5, 0.6) is 0 Å². The van der Waals surface area contributed by atoms with E-state index in [1.54, 1.807) is 0 Å². The van der Waals surface area contributed by atoms with Gasteiger partial charge in [-0.1, -0.05) is 30.3 Å². The summed E-state index contributed by atoms with van der Waals surface area (Å²) in [6.45, 7) is 2.93. The predicted octanol–water partition coefficient (Wildman–Crippen LogP) is 1.12. The summed E-state index contributed by atoms with van der Waals surface area (Å²) < 4.78 is 17.4. The molecule has 0 heterocycles. The third-order valence-corrected chi connectivity index (χ3v) is 3.86. The van der Waals surface area contributed by atoms with Crippen molar-refractivity contribution in [1.29, 1.82) is 0 Å². The van der Waals surface area contributed by atoms with Gasteiger partial charge in [0.25, 0.3) is 0 Å². The van der Waals surface area contributed by atoms with Gasteiger partial charge in [0.1, 0.15) is 0 Å². The third kappa shape index (κ3) is 8.76. The van der Waals surface area contributed by atoms with Crippen LogP contribution in [-0.4, -0.2) is 74.8 Å². The molecule has 0 bridgehead atoms. The van der Waals surface area contributed by atoms with Crippen LogP contribution in [0.4, 0.5) is 0 Å². The van der Waals surface area contributed by atoms with Gasteiger partial charge in [-0.05, 0) is 24.8 Å². The van der Waals surface area contributed by atoms with Crippen molar-refractivity contribution in [3.05, 3.63) is 35.9 Å². The number of aliphatic hydroxyl groups is 3. The number of hydrogen-bond donors (Lipinski definition) is 3. The second-order valence-electron chi connectivity index (χ2n) is 6.04. The molecule has 1 aromatic carbocycles. The predicted molar refractivity (Wildman–Crippen MR) is 95.7 cm³/mol. The number of ether oxygens (including phenoxy) is 3. The van der Waals surface area contributed by atoms with Crippen molar-refractivity contribution in [1.82, 2.24) is 0 Å². The second-order valence-corrected chi connectivity index (χ2v) is 6.04. The lowest BCUT2D eigenvalue weighted by atomic mass is 9.82. The van der Waals surface area contributed by atoms with E-state index in [9.17, 15) is 0 Å². The minimum absolute atomic E-state index is 0.0956. The average molecular weight is 356 g/mol. The smallest absolute Gasteiger partial charge is 0.0653 e. The summed E-state index contributed by atoms with van der Waals surface area (Å²) in [6, 6.07) is 9.96. The van der Waals surface area contributed by atoms with Crippen molar-refractivity contribution < 1.29 is 29.5 Å². The highest BCUT2D eigenvalue weighted by atomic mass is 16.5. The Bertz CT molecular complexity index is 380. The van der Waals surface area contributed by atoms with Gasteiger partial charge in [-0.2, -0.15) is 0 Å². The topological polar surface area (TPSA) is 88.4 Å². The van der Waals surface area contributed by atoms with Crippen LogP contribution < -0.4 is 0 Å². The molecule has 0 spiro atoms. The molecule has 0 unspecified atom stereocenters. The molecular weight excluding hydrogens is 324 g/mol. The molecule has 0 aliphatic carbocycles. The van der Waals surface area contributed by atoms with Crippen LogP contribution >= 0.6 is 0 Å². The minimum atomic E-state index is -0.471. The van der Waals surface area contributed by atoms with Gasteiger partial charge in [0.2, 0.25) is 0 Å². The number of aliphatic hydroxyl groups excluding tert-OH is 3. The van der Waals surface area contributed by atoms with E-state index in [4.69, 9.17) is 29.5 Å². The monoisotopic (exact) mass is 356 g/mol. The van der Waals surface area contributed by atoms with Gasteiger partial charge >= 0.3 is 0 Å². The van der Waals surface area contributed by atoms with Crippen molar-refractivity contribution in [2.75, 3.05) is 59.5 Å². The lowest BCUT2D eigenvalue weighted by Crippen LogP contribution is -2.42. The van der Waals surface area contributed by atoms with E-state index in [1.165, 1.54) is 0 Å². The average Bonchev–Trinajstić information content (AvgIpc) is 2.66. The molecule has 0 saturated carbocycles. The third-order valence-electron chi connectivity index (χ3n) is 3.86. The summed E-state index contributed by atoms with van der Waals surface area (Å²) in [6.07, 6.45) is 1.75. The van der Waals surface area contributed by atoms with Crippen molar-refractivity contribution in [2.45, 2.75) is 24.7 Å². The van der Waals surface area contributed by atoms with E-state index in [0.717, 1.165) is 5.56 Å². The SMILES string of the molecule is OCCCOCC(COCCCO)(COCCCO)c1ccccc1. The van der Waals surface area contributed by atoms with Gasteiger partial charge in [0.05, 0.1) is 25.2 Å². The summed E-state index contributed by atoms with van der Waals surface area (Å²) in [4.78, 5) is 0. The molecule has 6 heteroatoms. The zero-order valence-electron chi connectivity index (χ0n) is 14.9. The van der Waals surface area contributed by atoms with Crippen molar-refractivity contribution in [3.8, 4) is 0 Å². The van der Waals surface area contributed by atoms with Crippen molar-refractivity contribution in [2.24, 2.45) is 0 Å². The molecule has 6 nitrogen and oxygen atoms in total. The lowest BCUT2D eigenvalue weighted by molar-refractivity contribution is -0.0326. The van der Waals surface area contributed by atoms with Gasteiger partial charge in [-0.25, -0.2) is 0 Å². The van der Waals surface area contributed by atoms with Crippen LogP contribution in [-0.2, 0) is 19.6 Å². The normalized spacial score (nSPS) is 11.8. The Kier molecular flexibility index (Phi) is 12.5. The van der Waals surface area contributed by atoms with E-state index in [0.29, 0.717) is 58.9 Å². The van der Waals surface area contributed by atoms with E-state index in [1.807, 2.05) is 30.3 Å². The molecular formula is C19H32O6. The van der Waals surface area contributed by atoms with E-state index < -0.39 is 5.41 Å². The molecule has 144 valence electrons. The molecule has 0 fully saturated rings. The molecule has 1 rings (SSSR count). The molecule has 0 aliphatic rings. The zero-order chi connectivity index (χ0) is 18.2. The number of hydrogen-bond acceptors (Lipinski definition) is 6. The highest BCUT2D eigenvalue weighted by Gasteiger charge is 2.33. The van der Waals surface area contributed by atoms with Crippen LogP contribution in [0.2, 0.25) is 0 Å². The van der Waals surface area contributed by atoms with Crippen molar-refractivity contribution >= 4 is 0 Å². The van der Waals surface area contributed by atoms with Crippen LogP contribution in [0.15, 0.2) is 30.3 Å². The van der Waals surface area contributed by atoms with Gasteiger partial charge in [-0.15, -0.1) is 0 Å². The minimum Gasteiger partial charge on any atom is -0.396 e. The Labute approximate surface area is 150 Å². The Balaban J connectivity index is 2.82. The Morgan fingerprint density at radius 1 is 0.640 bits per heavy atom.